The van der Waals surface area contributed by atoms with Crippen LogP contribution < -0.4 is 5.32 Å². The van der Waals surface area contributed by atoms with Gasteiger partial charge in [0.1, 0.15) is 0 Å². The molecule has 1 aromatic carbocycles. The van der Waals surface area contributed by atoms with Gasteiger partial charge in [0.2, 0.25) is 11.8 Å². The third-order valence-electron chi connectivity index (χ3n) is 3.12. The Labute approximate surface area is 121 Å². The minimum absolute atomic E-state index is 0.0247. The van der Waals surface area contributed by atoms with E-state index < -0.39 is 0 Å². The lowest BCUT2D eigenvalue weighted by Gasteiger charge is -2.21. The van der Waals surface area contributed by atoms with Gasteiger partial charge >= 0.3 is 0 Å². The second-order valence-electron chi connectivity index (χ2n) is 4.88. The van der Waals surface area contributed by atoms with E-state index in [2.05, 4.69) is 12.2 Å². The third kappa shape index (κ3) is 6.36. The summed E-state index contributed by atoms with van der Waals surface area (Å²) in [7, 11) is 0. The van der Waals surface area contributed by atoms with Gasteiger partial charge in [-0.2, -0.15) is 0 Å². The van der Waals surface area contributed by atoms with E-state index in [4.69, 9.17) is 0 Å². The quantitative estimate of drug-likeness (QED) is 0.792. The summed E-state index contributed by atoms with van der Waals surface area (Å²) in [5.41, 5.74) is 1.10. The molecule has 0 radical (unpaired) electrons. The topological polar surface area (TPSA) is 49.4 Å². The van der Waals surface area contributed by atoms with E-state index in [0.29, 0.717) is 26.1 Å². The summed E-state index contributed by atoms with van der Waals surface area (Å²) in [5, 5.41) is 2.86. The van der Waals surface area contributed by atoms with E-state index in [-0.39, 0.29) is 11.8 Å². The Hall–Kier alpha value is -1.84. The molecule has 20 heavy (non-hydrogen) atoms. The van der Waals surface area contributed by atoms with Crippen molar-refractivity contribution in [2.75, 3.05) is 13.1 Å². The van der Waals surface area contributed by atoms with E-state index in [1.54, 1.807) is 11.8 Å². The predicted octanol–water partition coefficient (Wildman–Crippen LogP) is 2.34. The molecule has 0 unspecified atom stereocenters. The number of benzene rings is 1. The Morgan fingerprint density at radius 1 is 1.20 bits per heavy atom. The molecule has 0 spiro atoms. The van der Waals surface area contributed by atoms with Crippen molar-refractivity contribution < 1.29 is 9.59 Å². The highest BCUT2D eigenvalue weighted by Gasteiger charge is 2.09. The van der Waals surface area contributed by atoms with E-state index in [1.165, 1.54) is 0 Å². The predicted molar refractivity (Wildman–Crippen MR) is 80.1 cm³/mol. The summed E-state index contributed by atoms with van der Waals surface area (Å²) in [4.78, 5) is 24.9. The molecule has 0 saturated carbocycles. The van der Waals surface area contributed by atoms with Crippen LogP contribution in [0.5, 0.6) is 0 Å². The number of nitrogens with one attached hydrogen (secondary N) is 1. The van der Waals surface area contributed by atoms with Gasteiger partial charge in [-0.15, -0.1) is 0 Å². The van der Waals surface area contributed by atoms with Crippen molar-refractivity contribution in [3.8, 4) is 0 Å². The third-order valence-corrected chi connectivity index (χ3v) is 3.12. The van der Waals surface area contributed by atoms with Crippen LogP contribution >= 0.6 is 0 Å². The summed E-state index contributed by atoms with van der Waals surface area (Å²) < 4.78 is 0. The molecule has 0 aliphatic rings. The van der Waals surface area contributed by atoms with Gasteiger partial charge in [-0.05, 0) is 12.0 Å². The van der Waals surface area contributed by atoms with Crippen molar-refractivity contribution in [2.24, 2.45) is 0 Å². The summed E-state index contributed by atoms with van der Waals surface area (Å²) in [6.07, 6.45) is 2.49. The van der Waals surface area contributed by atoms with Crippen LogP contribution in [0.25, 0.3) is 0 Å². The monoisotopic (exact) mass is 276 g/mol. The molecular formula is C16H24N2O2. The number of carbonyl (C=O) groups is 2. The molecule has 4 heteroatoms. The fourth-order valence-corrected chi connectivity index (χ4v) is 1.91. The van der Waals surface area contributed by atoms with Crippen LogP contribution in [0, 0.1) is 0 Å². The second kappa shape index (κ2) is 9.13. The lowest BCUT2D eigenvalue weighted by atomic mass is 10.2. The van der Waals surface area contributed by atoms with Crippen LogP contribution in [0.1, 0.15) is 38.7 Å². The van der Waals surface area contributed by atoms with E-state index in [9.17, 15) is 9.59 Å². The van der Waals surface area contributed by atoms with Crippen LogP contribution in [0.2, 0.25) is 0 Å². The maximum Gasteiger partial charge on any atom is 0.220 e. The van der Waals surface area contributed by atoms with Crippen molar-refractivity contribution in [3.63, 3.8) is 0 Å². The largest absolute Gasteiger partial charge is 0.354 e. The summed E-state index contributed by atoms with van der Waals surface area (Å²) in [6.45, 7) is 5.25. The van der Waals surface area contributed by atoms with Gasteiger partial charge < -0.3 is 10.2 Å². The SMILES string of the molecule is CCCCC(=O)NCCN(Cc1ccccc1)C(C)=O. The van der Waals surface area contributed by atoms with Gasteiger partial charge in [-0.1, -0.05) is 43.7 Å². The normalized spacial score (nSPS) is 10.1. The molecule has 1 rings (SSSR count). The minimum atomic E-state index is 0.0247. The molecule has 0 aromatic heterocycles. The first kappa shape index (κ1) is 16.2. The second-order valence-corrected chi connectivity index (χ2v) is 4.88. The number of amides is 2. The lowest BCUT2D eigenvalue weighted by Crippen LogP contribution is -2.37. The lowest BCUT2D eigenvalue weighted by molar-refractivity contribution is -0.130. The minimum Gasteiger partial charge on any atom is -0.354 e. The highest BCUT2D eigenvalue weighted by molar-refractivity contribution is 5.76. The van der Waals surface area contributed by atoms with Gasteiger partial charge in [0, 0.05) is 33.0 Å². The Morgan fingerprint density at radius 2 is 1.90 bits per heavy atom. The average molecular weight is 276 g/mol. The smallest absolute Gasteiger partial charge is 0.220 e. The Kier molecular flexibility index (Phi) is 7.40. The molecule has 1 aromatic rings. The summed E-state index contributed by atoms with van der Waals surface area (Å²) >= 11 is 0. The van der Waals surface area contributed by atoms with Gasteiger partial charge in [0.05, 0.1) is 0 Å². The molecule has 0 bridgehead atoms. The zero-order valence-electron chi connectivity index (χ0n) is 12.4. The Balaban J connectivity index is 2.37. The van der Waals surface area contributed by atoms with Gasteiger partial charge in [0.25, 0.3) is 0 Å². The van der Waals surface area contributed by atoms with Crippen molar-refractivity contribution in [3.05, 3.63) is 35.9 Å². The number of rotatable bonds is 8. The fraction of sp³-hybridized carbons (Fsp3) is 0.500. The first-order valence-electron chi connectivity index (χ1n) is 7.19. The zero-order valence-corrected chi connectivity index (χ0v) is 12.4. The van der Waals surface area contributed by atoms with Crippen molar-refractivity contribution in [1.82, 2.24) is 10.2 Å². The molecule has 0 atom stereocenters. The maximum absolute atomic E-state index is 11.6. The first-order valence-corrected chi connectivity index (χ1v) is 7.19. The van der Waals surface area contributed by atoms with Gasteiger partial charge in [0.15, 0.2) is 0 Å². The van der Waals surface area contributed by atoms with Crippen LogP contribution in [0.15, 0.2) is 30.3 Å². The number of hydrogen-bond acceptors (Lipinski definition) is 2. The van der Waals surface area contributed by atoms with Crippen molar-refractivity contribution in [2.45, 2.75) is 39.7 Å². The average Bonchev–Trinajstić information content (AvgIpc) is 2.45. The molecule has 0 fully saturated rings. The van der Waals surface area contributed by atoms with Crippen LogP contribution in [-0.2, 0) is 16.1 Å². The molecule has 4 nitrogen and oxygen atoms in total. The van der Waals surface area contributed by atoms with Crippen LogP contribution in [-0.4, -0.2) is 29.8 Å². The number of nitrogens with zero attached hydrogens (tertiary/aromatic N) is 1. The van der Waals surface area contributed by atoms with E-state index >= 15 is 0 Å². The molecule has 0 saturated heterocycles. The maximum atomic E-state index is 11.6. The van der Waals surface area contributed by atoms with Gasteiger partial charge in [-0.3, -0.25) is 9.59 Å². The number of unbranched alkanes of at least 4 members (excludes halogenated alkanes) is 1. The van der Waals surface area contributed by atoms with Gasteiger partial charge in [-0.25, -0.2) is 0 Å². The highest BCUT2D eigenvalue weighted by atomic mass is 16.2. The van der Waals surface area contributed by atoms with Crippen LogP contribution in [0.4, 0.5) is 0 Å². The van der Waals surface area contributed by atoms with Crippen molar-refractivity contribution in [1.29, 1.82) is 0 Å². The molecular weight excluding hydrogens is 252 g/mol. The fourth-order valence-electron chi connectivity index (χ4n) is 1.91. The first-order chi connectivity index (χ1) is 9.63. The highest BCUT2D eigenvalue weighted by Crippen LogP contribution is 2.04. The van der Waals surface area contributed by atoms with E-state index in [0.717, 1.165) is 18.4 Å². The molecule has 1 N–H and O–H groups in total. The molecule has 110 valence electrons. The van der Waals surface area contributed by atoms with Crippen LogP contribution in [0.3, 0.4) is 0 Å². The van der Waals surface area contributed by atoms with Crippen molar-refractivity contribution >= 4 is 11.8 Å². The molecule has 2 amide bonds. The summed E-state index contributed by atoms with van der Waals surface area (Å²) in [6, 6.07) is 9.86. The molecule has 0 aliphatic heterocycles. The molecule has 0 aliphatic carbocycles. The zero-order chi connectivity index (χ0) is 14.8. The Bertz CT molecular complexity index is 418. The number of carbonyl (C=O) groups excluding carboxylic acids is 2. The van der Waals surface area contributed by atoms with E-state index in [1.807, 2.05) is 30.3 Å². The summed E-state index contributed by atoms with van der Waals surface area (Å²) in [5.74, 6) is 0.0896. The molecule has 0 heterocycles. The Morgan fingerprint density at radius 3 is 2.50 bits per heavy atom. The number of hydrogen-bond donors (Lipinski definition) is 1. The standard InChI is InChI=1S/C16H24N2O2/c1-3-4-10-16(20)17-11-12-18(14(2)19)13-15-8-6-5-7-9-15/h5-9H,3-4,10-13H2,1-2H3,(H,17,20).